The Morgan fingerprint density at radius 2 is 0.879 bits per heavy atom. The molecule has 0 aliphatic carbocycles. The molecule has 0 unspecified atom stereocenters. The van der Waals surface area contributed by atoms with Gasteiger partial charge in [0.1, 0.15) is 0 Å². The fourth-order valence-corrected chi connectivity index (χ4v) is 8.91. The van der Waals surface area contributed by atoms with Crippen LogP contribution in [0.25, 0.3) is 82.4 Å². The van der Waals surface area contributed by atoms with Crippen molar-refractivity contribution in [2.24, 2.45) is 0 Å². The molecule has 0 aliphatic rings. The minimum Gasteiger partial charge on any atom is -0.310 e. The van der Waals surface area contributed by atoms with Gasteiger partial charge in [-0.2, -0.15) is 0 Å². The van der Waals surface area contributed by atoms with Gasteiger partial charge in [0.25, 0.3) is 0 Å². The molecule has 2 nitrogen and oxygen atoms in total. The molecular formula is C56H38N2. The molecule has 0 bridgehead atoms. The average Bonchev–Trinajstić information content (AvgIpc) is 3.63. The lowest BCUT2D eigenvalue weighted by Crippen LogP contribution is -2.11. The summed E-state index contributed by atoms with van der Waals surface area (Å²) in [5.74, 6) is 0. The molecule has 0 radical (unpaired) electrons. The first-order valence-electron chi connectivity index (χ1n) is 19.9. The zero-order valence-corrected chi connectivity index (χ0v) is 31.8. The molecule has 0 aliphatic heterocycles. The summed E-state index contributed by atoms with van der Waals surface area (Å²) in [6.07, 6.45) is 0. The summed E-state index contributed by atoms with van der Waals surface area (Å²) in [7, 11) is 0. The van der Waals surface area contributed by atoms with Crippen LogP contribution < -0.4 is 4.90 Å². The maximum absolute atomic E-state index is 2.50. The summed E-state index contributed by atoms with van der Waals surface area (Å²) in [5, 5.41) is 7.36. The topological polar surface area (TPSA) is 8.17 Å². The van der Waals surface area contributed by atoms with Gasteiger partial charge in [0, 0.05) is 38.7 Å². The SMILES string of the molecule is c1ccc(-c2cc(-c3cccc4ccccc34)ccc2N(c2ccccc2)c2ccc3c4ccccc4n(-c4c(-c5ccccc5)ccc5ccccc45)c3c2)cc1. The number of hydrogen-bond donors (Lipinski definition) is 0. The number of para-hydroxylation sites is 2. The molecular weight excluding hydrogens is 701 g/mol. The van der Waals surface area contributed by atoms with E-state index in [0.717, 1.165) is 28.1 Å². The second-order valence-corrected chi connectivity index (χ2v) is 14.9. The largest absolute Gasteiger partial charge is 0.310 e. The van der Waals surface area contributed by atoms with Gasteiger partial charge in [0.2, 0.25) is 0 Å². The van der Waals surface area contributed by atoms with Crippen molar-refractivity contribution in [1.29, 1.82) is 0 Å². The van der Waals surface area contributed by atoms with Crippen LogP contribution in [0, 0.1) is 0 Å². The Kier molecular flexibility index (Phi) is 8.19. The minimum absolute atomic E-state index is 1.08. The van der Waals surface area contributed by atoms with Crippen molar-refractivity contribution in [2.45, 2.75) is 0 Å². The molecule has 58 heavy (non-hydrogen) atoms. The van der Waals surface area contributed by atoms with Crippen LogP contribution in [0.3, 0.4) is 0 Å². The quantitative estimate of drug-likeness (QED) is 0.158. The number of fused-ring (bicyclic) bond motifs is 5. The lowest BCUT2D eigenvalue weighted by Gasteiger charge is -2.29. The number of rotatable bonds is 7. The Bertz CT molecular complexity index is 3270. The first kappa shape index (κ1) is 33.6. The van der Waals surface area contributed by atoms with E-state index in [-0.39, 0.29) is 0 Å². The van der Waals surface area contributed by atoms with E-state index in [1.54, 1.807) is 0 Å². The molecule has 0 atom stereocenters. The highest BCUT2D eigenvalue weighted by molar-refractivity contribution is 6.13. The van der Waals surface area contributed by atoms with Gasteiger partial charge in [-0.15, -0.1) is 0 Å². The first-order valence-corrected chi connectivity index (χ1v) is 19.9. The number of nitrogens with zero attached hydrogens (tertiary/aromatic N) is 2. The molecule has 0 saturated carbocycles. The van der Waals surface area contributed by atoms with E-state index in [0.29, 0.717) is 0 Å². The summed E-state index contributed by atoms with van der Waals surface area (Å²) >= 11 is 0. The Labute approximate surface area is 338 Å². The third kappa shape index (κ3) is 5.66. The number of anilines is 3. The molecule has 272 valence electrons. The monoisotopic (exact) mass is 738 g/mol. The summed E-state index contributed by atoms with van der Waals surface area (Å²) in [4.78, 5) is 2.43. The average molecular weight is 739 g/mol. The van der Waals surface area contributed by atoms with Crippen LogP contribution in [0.2, 0.25) is 0 Å². The van der Waals surface area contributed by atoms with Crippen LogP contribution in [0.5, 0.6) is 0 Å². The zero-order chi connectivity index (χ0) is 38.4. The van der Waals surface area contributed by atoms with Gasteiger partial charge in [-0.05, 0) is 80.9 Å². The molecule has 0 amide bonds. The van der Waals surface area contributed by atoms with E-state index in [1.165, 1.54) is 71.3 Å². The van der Waals surface area contributed by atoms with Crippen molar-refractivity contribution in [3.05, 3.63) is 231 Å². The van der Waals surface area contributed by atoms with E-state index >= 15 is 0 Å². The Hall–Kier alpha value is -7.68. The zero-order valence-electron chi connectivity index (χ0n) is 31.8. The van der Waals surface area contributed by atoms with Crippen molar-refractivity contribution in [3.63, 3.8) is 0 Å². The molecule has 10 aromatic carbocycles. The van der Waals surface area contributed by atoms with Gasteiger partial charge in [0.15, 0.2) is 0 Å². The Balaban J connectivity index is 1.19. The molecule has 11 rings (SSSR count). The maximum atomic E-state index is 2.50. The van der Waals surface area contributed by atoms with E-state index in [9.17, 15) is 0 Å². The first-order chi connectivity index (χ1) is 28.8. The smallest absolute Gasteiger partial charge is 0.0618 e. The number of benzene rings is 10. The maximum Gasteiger partial charge on any atom is 0.0618 e. The van der Waals surface area contributed by atoms with Crippen molar-refractivity contribution < 1.29 is 0 Å². The van der Waals surface area contributed by atoms with Gasteiger partial charge in [-0.25, -0.2) is 0 Å². The van der Waals surface area contributed by atoms with Crippen LogP contribution in [0.1, 0.15) is 0 Å². The second-order valence-electron chi connectivity index (χ2n) is 14.9. The molecule has 1 heterocycles. The standard InChI is InChI=1S/C56H38N2/c1-4-17-40(18-5-1)49-34-31-42-22-11-13-27-48(42)56(49)58-53-30-15-14-28-50(53)51-35-33-45(38-55(51)58)57(44-24-8-3-9-25-44)54-36-32-43(37-52(54)41-19-6-2-7-20-41)47-29-16-23-39-21-10-12-26-46(39)47/h1-38H. The van der Waals surface area contributed by atoms with Gasteiger partial charge < -0.3 is 9.47 Å². The van der Waals surface area contributed by atoms with Gasteiger partial charge in [-0.3, -0.25) is 0 Å². The van der Waals surface area contributed by atoms with Crippen molar-refractivity contribution in [3.8, 4) is 39.1 Å². The molecule has 11 aromatic rings. The molecule has 1 aromatic heterocycles. The third-order valence-electron chi connectivity index (χ3n) is 11.6. The Morgan fingerprint density at radius 1 is 0.293 bits per heavy atom. The third-order valence-corrected chi connectivity index (χ3v) is 11.6. The van der Waals surface area contributed by atoms with Gasteiger partial charge >= 0.3 is 0 Å². The highest BCUT2D eigenvalue weighted by Crippen LogP contribution is 2.46. The Morgan fingerprint density at radius 3 is 1.64 bits per heavy atom. The lowest BCUT2D eigenvalue weighted by molar-refractivity contribution is 1.19. The van der Waals surface area contributed by atoms with Crippen molar-refractivity contribution >= 4 is 60.4 Å². The fraction of sp³-hybridized carbons (Fsp3) is 0. The van der Waals surface area contributed by atoms with Crippen LogP contribution in [-0.2, 0) is 0 Å². The normalized spacial score (nSPS) is 11.4. The molecule has 0 saturated heterocycles. The molecule has 0 N–H and O–H groups in total. The van der Waals surface area contributed by atoms with E-state index < -0.39 is 0 Å². The predicted molar refractivity (Wildman–Crippen MR) is 247 cm³/mol. The molecule has 2 heteroatoms. The highest BCUT2D eigenvalue weighted by Gasteiger charge is 2.23. The van der Waals surface area contributed by atoms with E-state index in [1.807, 2.05) is 0 Å². The van der Waals surface area contributed by atoms with E-state index in [4.69, 9.17) is 0 Å². The van der Waals surface area contributed by atoms with Crippen molar-refractivity contribution in [1.82, 2.24) is 4.57 Å². The van der Waals surface area contributed by atoms with E-state index in [2.05, 4.69) is 240 Å². The predicted octanol–water partition coefficient (Wildman–Crippen LogP) is 15.6. The van der Waals surface area contributed by atoms with Crippen LogP contribution in [0.4, 0.5) is 17.1 Å². The van der Waals surface area contributed by atoms with Crippen LogP contribution >= 0.6 is 0 Å². The summed E-state index contributed by atoms with van der Waals surface area (Å²) < 4.78 is 2.50. The summed E-state index contributed by atoms with van der Waals surface area (Å²) in [6, 6.07) is 83.8. The minimum atomic E-state index is 1.08. The summed E-state index contributed by atoms with van der Waals surface area (Å²) in [6.45, 7) is 0. The van der Waals surface area contributed by atoms with Gasteiger partial charge in [0.05, 0.1) is 22.4 Å². The lowest BCUT2D eigenvalue weighted by atomic mass is 9.93. The second kappa shape index (κ2) is 14.1. The highest BCUT2D eigenvalue weighted by atomic mass is 15.1. The van der Waals surface area contributed by atoms with Crippen LogP contribution in [0.15, 0.2) is 231 Å². The summed E-state index contributed by atoms with van der Waals surface area (Å²) in [5.41, 5.74) is 13.9. The number of aromatic nitrogens is 1. The van der Waals surface area contributed by atoms with Gasteiger partial charge in [-0.1, -0.05) is 188 Å². The fourth-order valence-electron chi connectivity index (χ4n) is 8.91. The molecule has 0 spiro atoms. The molecule has 0 fully saturated rings. The number of hydrogen-bond acceptors (Lipinski definition) is 1. The van der Waals surface area contributed by atoms with Crippen molar-refractivity contribution in [2.75, 3.05) is 4.90 Å². The van der Waals surface area contributed by atoms with Crippen LogP contribution in [-0.4, -0.2) is 4.57 Å².